The van der Waals surface area contributed by atoms with Crippen molar-refractivity contribution in [3.05, 3.63) is 58.5 Å². The Balaban J connectivity index is 1.65. The second kappa shape index (κ2) is 7.97. The summed E-state index contributed by atoms with van der Waals surface area (Å²) >= 11 is 0. The molecule has 2 aromatic rings. The van der Waals surface area contributed by atoms with E-state index in [9.17, 15) is 24.0 Å². The van der Waals surface area contributed by atoms with Crippen molar-refractivity contribution in [2.75, 3.05) is 19.8 Å². The maximum Gasteiger partial charge on any atom is 0.319 e. The molecule has 0 amide bonds. The largest absolute Gasteiger partial charge is 0.462 e. The van der Waals surface area contributed by atoms with E-state index in [-0.39, 0.29) is 48.0 Å². The SMILES string of the molecule is NCC(=O)OCCOC(=O)CC(=O)c1cc2c(o1)C(=O)c1ccccc1C2=O. The van der Waals surface area contributed by atoms with Gasteiger partial charge in [-0.15, -0.1) is 0 Å². The van der Waals surface area contributed by atoms with Gasteiger partial charge in [0.2, 0.25) is 11.6 Å². The van der Waals surface area contributed by atoms with Crippen LogP contribution in [0.25, 0.3) is 0 Å². The van der Waals surface area contributed by atoms with Crippen LogP contribution in [0.15, 0.2) is 34.7 Å². The quantitative estimate of drug-likeness (QED) is 0.269. The molecular weight excluding hydrogens is 370 g/mol. The first-order valence-electron chi connectivity index (χ1n) is 8.29. The number of carbonyl (C=O) groups is 5. The molecule has 0 fully saturated rings. The number of Topliss-reactive ketones (excluding diaryl/α,β-unsaturated/α-hetero) is 1. The van der Waals surface area contributed by atoms with Crippen molar-refractivity contribution >= 4 is 29.3 Å². The van der Waals surface area contributed by atoms with E-state index in [0.717, 1.165) is 6.07 Å². The molecule has 9 nitrogen and oxygen atoms in total. The highest BCUT2D eigenvalue weighted by Crippen LogP contribution is 2.29. The minimum Gasteiger partial charge on any atom is -0.462 e. The number of fused-ring (bicyclic) bond motifs is 2. The first-order chi connectivity index (χ1) is 13.4. The molecule has 0 bridgehead atoms. The number of furan rings is 1. The number of benzene rings is 1. The van der Waals surface area contributed by atoms with Gasteiger partial charge in [0.05, 0.1) is 12.1 Å². The van der Waals surface area contributed by atoms with E-state index in [1.807, 2.05) is 0 Å². The molecule has 9 heteroatoms. The molecule has 0 saturated heterocycles. The smallest absolute Gasteiger partial charge is 0.319 e. The predicted octanol–water partition coefficient (Wildman–Crippen LogP) is 0.673. The summed E-state index contributed by atoms with van der Waals surface area (Å²) in [5.41, 5.74) is 5.45. The normalized spacial score (nSPS) is 12.2. The Bertz CT molecular complexity index is 935. The third-order valence-corrected chi connectivity index (χ3v) is 3.96. The van der Waals surface area contributed by atoms with Crippen LogP contribution in [0, 0.1) is 0 Å². The lowest BCUT2D eigenvalue weighted by molar-refractivity contribution is -0.150. The van der Waals surface area contributed by atoms with Gasteiger partial charge in [0.15, 0.2) is 17.3 Å². The van der Waals surface area contributed by atoms with Crippen LogP contribution < -0.4 is 5.73 Å². The minimum atomic E-state index is -0.871. The van der Waals surface area contributed by atoms with E-state index in [0.29, 0.717) is 0 Å². The fraction of sp³-hybridized carbons (Fsp3) is 0.211. The second-order valence-electron chi connectivity index (χ2n) is 5.80. The molecule has 0 aliphatic heterocycles. The van der Waals surface area contributed by atoms with Crippen molar-refractivity contribution in [2.45, 2.75) is 6.42 Å². The van der Waals surface area contributed by atoms with E-state index < -0.39 is 35.7 Å². The number of carbonyl (C=O) groups excluding carboxylic acids is 5. The van der Waals surface area contributed by atoms with E-state index in [1.54, 1.807) is 12.1 Å². The van der Waals surface area contributed by atoms with Gasteiger partial charge in [0.1, 0.15) is 19.6 Å². The molecule has 0 atom stereocenters. The summed E-state index contributed by atoms with van der Waals surface area (Å²) in [5.74, 6) is -3.72. The van der Waals surface area contributed by atoms with Crippen LogP contribution in [0.5, 0.6) is 0 Å². The Hall–Kier alpha value is -3.59. The average Bonchev–Trinajstić information content (AvgIpc) is 3.15. The zero-order valence-electron chi connectivity index (χ0n) is 14.6. The van der Waals surface area contributed by atoms with Gasteiger partial charge in [-0.3, -0.25) is 24.0 Å². The van der Waals surface area contributed by atoms with E-state index in [2.05, 4.69) is 4.74 Å². The fourth-order valence-corrected chi connectivity index (χ4v) is 2.65. The molecule has 144 valence electrons. The van der Waals surface area contributed by atoms with Crippen LogP contribution >= 0.6 is 0 Å². The number of nitrogens with two attached hydrogens (primary N) is 1. The van der Waals surface area contributed by atoms with Crippen molar-refractivity contribution in [1.82, 2.24) is 0 Å². The zero-order valence-corrected chi connectivity index (χ0v) is 14.6. The first kappa shape index (κ1) is 19.2. The number of hydrogen-bond acceptors (Lipinski definition) is 9. The lowest BCUT2D eigenvalue weighted by atomic mass is 9.88. The van der Waals surface area contributed by atoms with Crippen molar-refractivity contribution in [2.24, 2.45) is 5.73 Å². The van der Waals surface area contributed by atoms with Gasteiger partial charge in [0.25, 0.3) is 0 Å². The number of ketones is 3. The Morgan fingerprint density at radius 1 is 0.893 bits per heavy atom. The maximum atomic E-state index is 12.5. The molecule has 3 rings (SSSR count). The third kappa shape index (κ3) is 3.74. The van der Waals surface area contributed by atoms with Crippen LogP contribution in [0.3, 0.4) is 0 Å². The maximum absolute atomic E-state index is 12.5. The Morgan fingerprint density at radius 3 is 2.14 bits per heavy atom. The van der Waals surface area contributed by atoms with E-state index >= 15 is 0 Å². The van der Waals surface area contributed by atoms with Crippen LogP contribution in [-0.4, -0.2) is 49.0 Å². The molecule has 1 aromatic heterocycles. The first-order valence-corrected chi connectivity index (χ1v) is 8.29. The van der Waals surface area contributed by atoms with E-state index in [4.69, 9.17) is 14.9 Å². The molecule has 0 spiro atoms. The van der Waals surface area contributed by atoms with E-state index in [1.165, 1.54) is 12.1 Å². The Labute approximate surface area is 158 Å². The van der Waals surface area contributed by atoms with Gasteiger partial charge in [-0.25, -0.2) is 0 Å². The van der Waals surface area contributed by atoms with Gasteiger partial charge in [-0.1, -0.05) is 24.3 Å². The Morgan fingerprint density at radius 2 is 1.50 bits per heavy atom. The minimum absolute atomic E-state index is 0.0193. The number of hydrogen-bond donors (Lipinski definition) is 1. The van der Waals surface area contributed by atoms with Crippen molar-refractivity contribution in [3.8, 4) is 0 Å². The fourth-order valence-electron chi connectivity index (χ4n) is 2.65. The summed E-state index contributed by atoms with van der Waals surface area (Å²) in [6.45, 7) is -0.720. The molecular formula is C19H15NO8. The zero-order chi connectivity index (χ0) is 20.3. The lowest BCUT2D eigenvalue weighted by Crippen LogP contribution is -2.20. The van der Waals surface area contributed by atoms with Gasteiger partial charge in [-0.05, 0) is 6.07 Å². The van der Waals surface area contributed by atoms with Gasteiger partial charge in [0, 0.05) is 11.1 Å². The highest BCUT2D eigenvalue weighted by molar-refractivity contribution is 6.28. The molecule has 1 aliphatic carbocycles. The van der Waals surface area contributed by atoms with Gasteiger partial charge < -0.3 is 19.6 Å². The number of rotatable bonds is 7. The molecule has 0 saturated carbocycles. The topological polar surface area (TPSA) is 143 Å². The molecule has 0 unspecified atom stereocenters. The van der Waals surface area contributed by atoms with Crippen LogP contribution in [0.1, 0.15) is 49.0 Å². The van der Waals surface area contributed by atoms with Crippen molar-refractivity contribution in [3.63, 3.8) is 0 Å². The highest BCUT2D eigenvalue weighted by atomic mass is 16.6. The van der Waals surface area contributed by atoms with Gasteiger partial charge in [-0.2, -0.15) is 0 Å². The van der Waals surface area contributed by atoms with Crippen LogP contribution in [-0.2, 0) is 19.1 Å². The summed E-state index contributed by atoms with van der Waals surface area (Å²) in [4.78, 5) is 59.7. The molecule has 28 heavy (non-hydrogen) atoms. The summed E-state index contributed by atoms with van der Waals surface area (Å²) in [7, 11) is 0. The molecule has 1 aromatic carbocycles. The van der Waals surface area contributed by atoms with Crippen molar-refractivity contribution < 1.29 is 37.9 Å². The van der Waals surface area contributed by atoms with Crippen LogP contribution in [0.2, 0.25) is 0 Å². The summed E-state index contributed by atoms with van der Waals surface area (Å²) in [6.07, 6.45) is -0.660. The molecule has 1 aliphatic rings. The molecule has 2 N–H and O–H groups in total. The third-order valence-electron chi connectivity index (χ3n) is 3.96. The highest BCUT2D eigenvalue weighted by Gasteiger charge is 2.34. The molecule has 1 heterocycles. The summed E-state index contributed by atoms with van der Waals surface area (Å²) < 4.78 is 14.7. The van der Waals surface area contributed by atoms with Gasteiger partial charge >= 0.3 is 11.9 Å². The monoisotopic (exact) mass is 385 g/mol. The predicted molar refractivity (Wildman–Crippen MR) is 91.9 cm³/mol. The lowest BCUT2D eigenvalue weighted by Gasteiger charge is -2.11. The van der Waals surface area contributed by atoms with Crippen molar-refractivity contribution in [1.29, 1.82) is 0 Å². The standard InChI is InChI=1S/C19H15NO8/c20-9-16(23)27-6-5-26-15(22)8-13(21)14-7-12-17(24)10-3-1-2-4-11(10)18(25)19(12)28-14/h1-4,7H,5-6,8-9,20H2. The number of esters is 2. The average molecular weight is 385 g/mol. The summed E-state index contributed by atoms with van der Waals surface area (Å²) in [6, 6.07) is 7.41. The van der Waals surface area contributed by atoms with Crippen LogP contribution in [0.4, 0.5) is 0 Å². The summed E-state index contributed by atoms with van der Waals surface area (Å²) in [5, 5.41) is 0. The number of ether oxygens (including phenoxy) is 2. The molecule has 0 radical (unpaired) electrons. The Kier molecular flexibility index (Phi) is 5.46. The second-order valence-corrected chi connectivity index (χ2v) is 5.80.